The summed E-state index contributed by atoms with van der Waals surface area (Å²) in [6.07, 6.45) is 3.82. The molecular weight excluding hydrogens is 312 g/mol. The van der Waals surface area contributed by atoms with Crippen LogP contribution in [0.3, 0.4) is 0 Å². The highest BCUT2D eigenvalue weighted by Crippen LogP contribution is 2.05. The van der Waals surface area contributed by atoms with Crippen molar-refractivity contribution in [3.05, 3.63) is 24.5 Å². The van der Waals surface area contributed by atoms with E-state index in [0.29, 0.717) is 12.2 Å². The second-order valence-electron chi connectivity index (χ2n) is 5.65. The number of carbonyl (C=O) groups is 2. The monoisotopic (exact) mass is 336 g/mol. The van der Waals surface area contributed by atoms with E-state index in [-0.39, 0.29) is 12.3 Å². The minimum Gasteiger partial charge on any atom is -0.480 e. The van der Waals surface area contributed by atoms with Gasteiger partial charge in [0, 0.05) is 19.3 Å². The summed E-state index contributed by atoms with van der Waals surface area (Å²) in [5.74, 6) is -1.38. The summed E-state index contributed by atoms with van der Waals surface area (Å²) >= 11 is 0. The van der Waals surface area contributed by atoms with E-state index in [0.717, 1.165) is 39.3 Å². The zero-order valence-electron chi connectivity index (χ0n) is 13.6. The number of pyridine rings is 1. The molecule has 1 aliphatic heterocycles. The van der Waals surface area contributed by atoms with Gasteiger partial charge >= 0.3 is 5.97 Å². The van der Waals surface area contributed by atoms with Crippen molar-refractivity contribution in [2.75, 3.05) is 44.7 Å². The summed E-state index contributed by atoms with van der Waals surface area (Å²) < 4.78 is 5.28. The summed E-state index contributed by atoms with van der Waals surface area (Å²) in [4.78, 5) is 29.4. The lowest BCUT2D eigenvalue weighted by Crippen LogP contribution is -2.42. The molecule has 1 atom stereocenters. The Kier molecular flexibility index (Phi) is 7.60. The molecule has 3 N–H and O–H groups in total. The Balaban J connectivity index is 1.69. The summed E-state index contributed by atoms with van der Waals surface area (Å²) in [6, 6.07) is 2.51. The number of aliphatic carboxylic acids is 1. The molecule has 0 unspecified atom stereocenters. The van der Waals surface area contributed by atoms with Gasteiger partial charge in [0.05, 0.1) is 31.5 Å². The smallest absolute Gasteiger partial charge is 0.321 e. The van der Waals surface area contributed by atoms with Crippen LogP contribution in [0.4, 0.5) is 5.69 Å². The Morgan fingerprint density at radius 3 is 2.83 bits per heavy atom. The largest absolute Gasteiger partial charge is 0.480 e. The molecule has 1 saturated heterocycles. The molecule has 2 heterocycles. The van der Waals surface area contributed by atoms with Crippen LogP contribution >= 0.6 is 0 Å². The number of hydrogen-bond donors (Lipinski definition) is 3. The highest BCUT2D eigenvalue weighted by molar-refractivity contribution is 5.93. The van der Waals surface area contributed by atoms with Gasteiger partial charge in [0.1, 0.15) is 6.04 Å². The van der Waals surface area contributed by atoms with E-state index >= 15 is 0 Å². The lowest BCUT2D eigenvalue weighted by Gasteiger charge is -2.26. The first-order valence-corrected chi connectivity index (χ1v) is 8.11. The predicted octanol–water partition coefficient (Wildman–Crippen LogP) is 0.175. The zero-order valence-corrected chi connectivity index (χ0v) is 13.6. The molecule has 0 bridgehead atoms. The number of morpholine rings is 1. The normalized spacial score (nSPS) is 16.5. The van der Waals surface area contributed by atoms with E-state index in [2.05, 4.69) is 20.5 Å². The Labute approximate surface area is 141 Å². The van der Waals surface area contributed by atoms with Crippen LogP contribution in [0.15, 0.2) is 24.5 Å². The molecule has 8 nitrogen and oxygen atoms in total. The minimum atomic E-state index is -1.03. The van der Waals surface area contributed by atoms with Gasteiger partial charge in [-0.05, 0) is 31.6 Å². The van der Waals surface area contributed by atoms with E-state index in [1.165, 1.54) is 6.20 Å². The van der Waals surface area contributed by atoms with Crippen LogP contribution in [0.25, 0.3) is 0 Å². The van der Waals surface area contributed by atoms with Crippen molar-refractivity contribution in [2.24, 2.45) is 0 Å². The van der Waals surface area contributed by atoms with Gasteiger partial charge in [-0.1, -0.05) is 0 Å². The first-order valence-electron chi connectivity index (χ1n) is 8.11. The van der Waals surface area contributed by atoms with Gasteiger partial charge in [-0.15, -0.1) is 0 Å². The number of rotatable bonds is 9. The molecule has 0 radical (unpaired) electrons. The lowest BCUT2D eigenvalue weighted by atomic mass is 10.2. The van der Waals surface area contributed by atoms with Gasteiger partial charge in [0.25, 0.3) is 0 Å². The zero-order chi connectivity index (χ0) is 17.2. The average molecular weight is 336 g/mol. The fourth-order valence-corrected chi connectivity index (χ4v) is 2.48. The maximum Gasteiger partial charge on any atom is 0.321 e. The third-order valence-electron chi connectivity index (χ3n) is 3.78. The van der Waals surface area contributed by atoms with Gasteiger partial charge in [-0.2, -0.15) is 0 Å². The summed E-state index contributed by atoms with van der Waals surface area (Å²) in [5.41, 5.74) is 0.555. The highest BCUT2D eigenvalue weighted by atomic mass is 16.5. The molecule has 1 aliphatic rings. The number of aromatic nitrogens is 1. The molecule has 1 aromatic rings. The first kappa shape index (κ1) is 18.3. The van der Waals surface area contributed by atoms with Crippen LogP contribution in [0, 0.1) is 0 Å². The Morgan fingerprint density at radius 2 is 2.17 bits per heavy atom. The highest BCUT2D eigenvalue weighted by Gasteiger charge is 2.20. The lowest BCUT2D eigenvalue weighted by molar-refractivity contribution is -0.141. The SMILES string of the molecule is O=C(C[C@H](NCCCN1CCOCC1)C(=O)O)Nc1cccnc1. The molecule has 1 aromatic heterocycles. The quantitative estimate of drug-likeness (QED) is 0.553. The van der Waals surface area contributed by atoms with Crippen molar-refractivity contribution in [1.29, 1.82) is 0 Å². The number of anilines is 1. The number of hydrogen-bond acceptors (Lipinski definition) is 6. The molecule has 2 rings (SSSR count). The molecule has 0 aliphatic carbocycles. The summed E-state index contributed by atoms with van der Waals surface area (Å²) in [7, 11) is 0. The molecule has 1 amide bonds. The van der Waals surface area contributed by atoms with Gasteiger partial charge in [-0.25, -0.2) is 0 Å². The molecule has 24 heavy (non-hydrogen) atoms. The predicted molar refractivity (Wildman–Crippen MR) is 88.8 cm³/mol. The fraction of sp³-hybridized carbons (Fsp3) is 0.562. The van der Waals surface area contributed by atoms with Crippen molar-refractivity contribution in [1.82, 2.24) is 15.2 Å². The van der Waals surface area contributed by atoms with Crippen LogP contribution in [-0.2, 0) is 14.3 Å². The van der Waals surface area contributed by atoms with E-state index in [1.807, 2.05) is 0 Å². The molecule has 0 saturated carbocycles. The van der Waals surface area contributed by atoms with Crippen molar-refractivity contribution < 1.29 is 19.4 Å². The van der Waals surface area contributed by atoms with Gasteiger partial charge < -0.3 is 20.5 Å². The standard InChI is InChI=1S/C16H24N4O4/c21-15(19-13-3-1-4-17-12-13)11-14(16(22)23)18-5-2-6-20-7-9-24-10-8-20/h1,3-4,12,14,18H,2,5-11H2,(H,19,21)(H,22,23)/t14-/m0/s1. The number of amides is 1. The van der Waals surface area contributed by atoms with Crippen LogP contribution in [0.1, 0.15) is 12.8 Å². The topological polar surface area (TPSA) is 104 Å². The van der Waals surface area contributed by atoms with Crippen LogP contribution in [0.2, 0.25) is 0 Å². The maximum absolute atomic E-state index is 11.9. The first-order chi connectivity index (χ1) is 11.6. The number of nitrogens with zero attached hydrogens (tertiary/aromatic N) is 2. The number of ether oxygens (including phenoxy) is 1. The van der Waals surface area contributed by atoms with Crippen molar-refractivity contribution in [2.45, 2.75) is 18.9 Å². The van der Waals surface area contributed by atoms with Crippen LogP contribution in [0.5, 0.6) is 0 Å². The Bertz CT molecular complexity index is 520. The summed E-state index contributed by atoms with van der Waals surface area (Å²) in [6.45, 7) is 4.77. The number of carboxylic acids is 1. The van der Waals surface area contributed by atoms with Crippen molar-refractivity contribution in [3.63, 3.8) is 0 Å². The third-order valence-corrected chi connectivity index (χ3v) is 3.78. The number of nitrogens with one attached hydrogen (secondary N) is 2. The van der Waals surface area contributed by atoms with Crippen molar-refractivity contribution >= 4 is 17.6 Å². The average Bonchev–Trinajstić information content (AvgIpc) is 2.59. The number of carboxylic acid groups (broad SMARTS) is 1. The van der Waals surface area contributed by atoms with Gasteiger partial charge in [0.15, 0.2) is 0 Å². The Morgan fingerprint density at radius 1 is 1.38 bits per heavy atom. The van der Waals surface area contributed by atoms with E-state index in [1.54, 1.807) is 18.3 Å². The molecule has 8 heteroatoms. The number of carbonyl (C=O) groups excluding carboxylic acids is 1. The molecular formula is C16H24N4O4. The summed E-state index contributed by atoms with van der Waals surface area (Å²) in [5, 5.41) is 14.8. The van der Waals surface area contributed by atoms with E-state index in [9.17, 15) is 14.7 Å². The van der Waals surface area contributed by atoms with Crippen molar-refractivity contribution in [3.8, 4) is 0 Å². The van der Waals surface area contributed by atoms with Gasteiger partial charge in [0.2, 0.25) is 5.91 Å². The molecule has 1 fully saturated rings. The second kappa shape index (κ2) is 9.96. The third kappa shape index (κ3) is 6.61. The van der Waals surface area contributed by atoms with Gasteiger partial charge in [-0.3, -0.25) is 19.5 Å². The Hall–Kier alpha value is -2.03. The molecule has 132 valence electrons. The van der Waals surface area contributed by atoms with E-state index in [4.69, 9.17) is 4.74 Å². The fourth-order valence-electron chi connectivity index (χ4n) is 2.48. The van der Waals surface area contributed by atoms with E-state index < -0.39 is 12.0 Å². The maximum atomic E-state index is 11.9. The second-order valence-corrected chi connectivity index (χ2v) is 5.65. The molecule has 0 aromatic carbocycles. The van der Waals surface area contributed by atoms with Crippen LogP contribution < -0.4 is 10.6 Å². The minimum absolute atomic E-state index is 0.123. The van der Waals surface area contributed by atoms with Crippen LogP contribution in [-0.4, -0.2) is 72.3 Å². The molecule has 0 spiro atoms.